The molecular weight excluding hydrogens is 418 g/mol. The molecule has 0 aliphatic heterocycles. The van der Waals surface area contributed by atoms with Crippen LogP contribution in [0.5, 0.6) is 5.75 Å². The first-order chi connectivity index (χ1) is 14.2. The second-order valence-corrected chi connectivity index (χ2v) is 8.50. The number of ether oxygens (including phenoxy) is 1. The predicted molar refractivity (Wildman–Crippen MR) is 106 cm³/mol. The van der Waals surface area contributed by atoms with E-state index in [2.05, 4.69) is 4.98 Å². The van der Waals surface area contributed by atoms with Gasteiger partial charge >= 0.3 is 5.69 Å². The van der Waals surface area contributed by atoms with Gasteiger partial charge in [0.05, 0.1) is 16.3 Å². The Morgan fingerprint density at radius 1 is 1.03 bits per heavy atom. The molecule has 0 saturated carbocycles. The molecule has 0 fully saturated rings. The van der Waals surface area contributed by atoms with Crippen LogP contribution in [-0.4, -0.2) is 36.8 Å². The van der Waals surface area contributed by atoms with Crippen molar-refractivity contribution in [3.8, 4) is 11.4 Å². The van der Waals surface area contributed by atoms with Gasteiger partial charge in [-0.15, -0.1) is 0 Å². The highest BCUT2D eigenvalue weighted by molar-refractivity contribution is 7.91. The second kappa shape index (κ2) is 9.04. The zero-order chi connectivity index (χ0) is 21.7. The van der Waals surface area contributed by atoms with E-state index in [9.17, 15) is 26.8 Å². The van der Waals surface area contributed by atoms with E-state index in [0.717, 1.165) is 5.56 Å². The minimum atomic E-state index is -3.66. The number of nitrogens with zero attached hydrogens (tertiary/aromatic N) is 1. The zero-order valence-electron chi connectivity index (χ0n) is 15.6. The minimum Gasteiger partial charge on any atom is -0.488 e. The van der Waals surface area contributed by atoms with Crippen LogP contribution in [0.25, 0.3) is 5.69 Å². The van der Waals surface area contributed by atoms with Crippen LogP contribution >= 0.6 is 0 Å². The fourth-order valence-electron chi connectivity index (χ4n) is 2.73. The molecular formula is C20H18F2N2O5S. The fraction of sp³-hybridized carbons (Fsp3) is 0.200. The molecule has 0 aliphatic rings. The van der Waals surface area contributed by atoms with Crippen molar-refractivity contribution in [2.45, 2.75) is 17.7 Å². The molecule has 1 aromatic heterocycles. The van der Waals surface area contributed by atoms with E-state index < -0.39 is 34.1 Å². The molecule has 0 amide bonds. The van der Waals surface area contributed by atoms with Crippen molar-refractivity contribution in [3.05, 3.63) is 87.2 Å². The van der Waals surface area contributed by atoms with Crippen LogP contribution in [-0.2, 0) is 16.3 Å². The van der Waals surface area contributed by atoms with E-state index >= 15 is 0 Å². The third-order valence-electron chi connectivity index (χ3n) is 4.24. The van der Waals surface area contributed by atoms with E-state index in [1.807, 2.05) is 0 Å². The topological polar surface area (TPSA) is 98.2 Å². The Balaban J connectivity index is 1.69. The number of rotatable bonds is 8. The molecule has 7 nitrogen and oxygen atoms in total. The van der Waals surface area contributed by atoms with Crippen LogP contribution < -0.4 is 16.0 Å². The summed E-state index contributed by atoms with van der Waals surface area (Å²) in [7, 11) is -3.66. The number of hydrogen-bond donors (Lipinski definition) is 1. The van der Waals surface area contributed by atoms with E-state index in [4.69, 9.17) is 4.74 Å². The molecule has 3 rings (SSSR count). The van der Waals surface area contributed by atoms with Crippen LogP contribution in [0.2, 0.25) is 0 Å². The second-order valence-electron chi connectivity index (χ2n) is 6.39. The van der Waals surface area contributed by atoms with Gasteiger partial charge in [-0.25, -0.2) is 22.0 Å². The van der Waals surface area contributed by atoms with Crippen molar-refractivity contribution in [2.75, 3.05) is 12.4 Å². The molecule has 1 heterocycles. The summed E-state index contributed by atoms with van der Waals surface area (Å²) in [6, 6.07) is 13.3. The molecule has 0 atom stereocenters. The van der Waals surface area contributed by atoms with Crippen molar-refractivity contribution in [1.29, 1.82) is 0 Å². The Bertz CT molecular complexity index is 1230. The van der Waals surface area contributed by atoms with Gasteiger partial charge in [0.1, 0.15) is 12.4 Å². The summed E-state index contributed by atoms with van der Waals surface area (Å²) >= 11 is 0. The van der Waals surface area contributed by atoms with Gasteiger partial charge in [-0.3, -0.25) is 14.3 Å². The Hall–Kier alpha value is -3.27. The maximum Gasteiger partial charge on any atom is 0.332 e. The van der Waals surface area contributed by atoms with Crippen molar-refractivity contribution >= 4 is 9.84 Å². The first-order valence-electron chi connectivity index (χ1n) is 8.90. The van der Waals surface area contributed by atoms with E-state index in [0.29, 0.717) is 5.69 Å². The van der Waals surface area contributed by atoms with Gasteiger partial charge in [0.2, 0.25) is 0 Å². The molecule has 0 aliphatic carbocycles. The molecule has 10 heteroatoms. The molecule has 2 aromatic carbocycles. The van der Waals surface area contributed by atoms with Crippen LogP contribution in [0.1, 0.15) is 5.56 Å². The zero-order valence-corrected chi connectivity index (χ0v) is 16.4. The summed E-state index contributed by atoms with van der Waals surface area (Å²) in [4.78, 5) is 25.1. The van der Waals surface area contributed by atoms with Gasteiger partial charge in [0.15, 0.2) is 9.84 Å². The van der Waals surface area contributed by atoms with E-state index in [-0.39, 0.29) is 22.8 Å². The lowest BCUT2D eigenvalue weighted by Gasteiger charge is -2.09. The number of aryl methyl sites for hydroxylation is 1. The van der Waals surface area contributed by atoms with Crippen molar-refractivity contribution in [1.82, 2.24) is 9.55 Å². The fourth-order valence-corrected chi connectivity index (χ4v) is 4.05. The van der Waals surface area contributed by atoms with Gasteiger partial charge < -0.3 is 4.74 Å². The number of aromatic nitrogens is 2. The van der Waals surface area contributed by atoms with Crippen LogP contribution in [0, 0.1) is 0 Å². The number of benzene rings is 2. The molecule has 0 radical (unpaired) electrons. The average Bonchev–Trinajstić information content (AvgIpc) is 2.72. The smallest absolute Gasteiger partial charge is 0.332 e. The lowest BCUT2D eigenvalue weighted by atomic mass is 10.1. The number of halogens is 2. The monoisotopic (exact) mass is 436 g/mol. The average molecular weight is 436 g/mol. The first-order valence-corrected chi connectivity index (χ1v) is 10.5. The Morgan fingerprint density at radius 3 is 2.43 bits per heavy atom. The number of nitrogens with one attached hydrogen (secondary N) is 1. The molecule has 158 valence electrons. The summed E-state index contributed by atoms with van der Waals surface area (Å²) in [6.07, 6.45) is -1.09. The molecule has 0 saturated heterocycles. The Labute approximate surface area is 170 Å². The molecule has 1 N–H and O–H groups in total. The van der Waals surface area contributed by atoms with E-state index in [1.54, 1.807) is 24.3 Å². The third kappa shape index (κ3) is 5.41. The molecule has 0 bridgehead atoms. The Morgan fingerprint density at radius 2 is 1.77 bits per heavy atom. The Kier molecular flexibility index (Phi) is 6.46. The highest BCUT2D eigenvalue weighted by atomic mass is 32.2. The largest absolute Gasteiger partial charge is 0.488 e. The van der Waals surface area contributed by atoms with Gasteiger partial charge in [0.25, 0.3) is 12.0 Å². The van der Waals surface area contributed by atoms with Crippen LogP contribution in [0.4, 0.5) is 8.78 Å². The van der Waals surface area contributed by atoms with Gasteiger partial charge in [-0.05, 0) is 42.3 Å². The maximum atomic E-state index is 12.6. The van der Waals surface area contributed by atoms with Crippen molar-refractivity contribution in [3.63, 3.8) is 0 Å². The SMILES string of the molecule is O=c1ccn(-c2ccc(CCS(=O)(=O)c3cccc(OCC(F)F)c3)cc2)c(=O)[nH]1. The first kappa shape index (κ1) is 21.4. The predicted octanol–water partition coefficient (Wildman–Crippen LogP) is 2.19. The minimum absolute atomic E-state index is 0.00863. The van der Waals surface area contributed by atoms with Crippen LogP contribution in [0.15, 0.2) is 75.3 Å². The maximum absolute atomic E-state index is 12.6. The summed E-state index contributed by atoms with van der Waals surface area (Å²) in [6.45, 7) is -0.811. The molecule has 30 heavy (non-hydrogen) atoms. The van der Waals surface area contributed by atoms with Gasteiger partial charge in [-0.1, -0.05) is 18.2 Å². The normalized spacial score (nSPS) is 11.6. The summed E-state index contributed by atoms with van der Waals surface area (Å²) in [5.74, 6) is -0.129. The summed E-state index contributed by atoms with van der Waals surface area (Å²) in [5.41, 5.74) is 0.171. The van der Waals surface area contributed by atoms with Crippen molar-refractivity contribution in [2.24, 2.45) is 0 Å². The summed E-state index contributed by atoms with van der Waals surface area (Å²) < 4.78 is 55.8. The quantitative estimate of drug-likeness (QED) is 0.584. The standard InChI is InChI=1S/C20H18F2N2O5S/c21-18(22)13-29-16-2-1-3-17(12-16)30(27,28)11-9-14-4-6-15(7-5-14)24-10-8-19(25)23-20(24)26/h1-8,10,12,18H,9,11,13H2,(H,23,25,26). The highest BCUT2D eigenvalue weighted by Gasteiger charge is 2.16. The summed E-state index contributed by atoms with van der Waals surface area (Å²) in [5, 5.41) is 0. The number of alkyl halides is 2. The molecule has 3 aromatic rings. The number of hydrogen-bond acceptors (Lipinski definition) is 5. The number of sulfone groups is 1. The molecule has 0 unspecified atom stereocenters. The van der Waals surface area contributed by atoms with Gasteiger partial charge in [0, 0.05) is 12.3 Å². The van der Waals surface area contributed by atoms with E-state index in [1.165, 1.54) is 41.1 Å². The lowest BCUT2D eigenvalue weighted by molar-refractivity contribution is 0.0818. The highest BCUT2D eigenvalue weighted by Crippen LogP contribution is 2.20. The van der Waals surface area contributed by atoms with Gasteiger partial charge in [-0.2, -0.15) is 0 Å². The van der Waals surface area contributed by atoms with Crippen LogP contribution in [0.3, 0.4) is 0 Å². The molecule has 0 spiro atoms. The number of aromatic amines is 1. The van der Waals surface area contributed by atoms with Crippen molar-refractivity contribution < 1.29 is 21.9 Å². The lowest BCUT2D eigenvalue weighted by Crippen LogP contribution is -2.27. The third-order valence-corrected chi connectivity index (χ3v) is 5.95. The number of H-pyrrole nitrogens is 1.